The van der Waals surface area contributed by atoms with E-state index in [0.29, 0.717) is 5.33 Å². The van der Waals surface area contributed by atoms with Crippen LogP contribution in [0.25, 0.3) is 0 Å². The highest BCUT2D eigenvalue weighted by Gasteiger charge is 1.92. The lowest BCUT2D eigenvalue weighted by atomic mass is 10.3. The molecule has 0 rings (SSSR count). The molecule has 38 valence electrons. The van der Waals surface area contributed by atoms with E-state index in [1.165, 1.54) is 0 Å². The van der Waals surface area contributed by atoms with Crippen molar-refractivity contribution in [1.82, 2.24) is 0 Å². The molecular formula is C4H9BrO. The summed E-state index contributed by atoms with van der Waals surface area (Å²) < 4.78 is 0. The standard InChI is InChI=1S/C4H9BrO/c1-2-4(6)3-5/h4,6H,2-3H2,1H3/t4-/m1/s1. The zero-order valence-electron chi connectivity index (χ0n) is 3.82. The van der Waals surface area contributed by atoms with Gasteiger partial charge in [-0.25, -0.2) is 0 Å². The van der Waals surface area contributed by atoms with Gasteiger partial charge in [-0.2, -0.15) is 0 Å². The molecule has 0 heterocycles. The molecule has 0 amide bonds. The molecule has 0 aliphatic rings. The van der Waals surface area contributed by atoms with Gasteiger partial charge in [-0.05, 0) is 6.42 Å². The van der Waals surface area contributed by atoms with Gasteiger partial charge in [-0.3, -0.25) is 0 Å². The molecule has 0 aromatic heterocycles. The Balaban J connectivity index is 2.75. The third kappa shape index (κ3) is 2.67. The van der Waals surface area contributed by atoms with Crippen molar-refractivity contribution in [2.45, 2.75) is 19.4 Å². The average molecular weight is 153 g/mol. The van der Waals surface area contributed by atoms with Crippen LogP contribution in [0.1, 0.15) is 13.3 Å². The number of aliphatic hydroxyl groups is 1. The van der Waals surface area contributed by atoms with Crippen LogP contribution in [-0.2, 0) is 0 Å². The van der Waals surface area contributed by atoms with Crippen molar-refractivity contribution < 1.29 is 5.11 Å². The van der Waals surface area contributed by atoms with Gasteiger partial charge >= 0.3 is 0 Å². The van der Waals surface area contributed by atoms with Gasteiger partial charge in [-0.1, -0.05) is 22.9 Å². The lowest BCUT2D eigenvalue weighted by molar-refractivity contribution is 0.196. The monoisotopic (exact) mass is 152 g/mol. The molecular weight excluding hydrogens is 144 g/mol. The van der Waals surface area contributed by atoms with Crippen LogP contribution in [0.2, 0.25) is 0 Å². The van der Waals surface area contributed by atoms with Crippen molar-refractivity contribution in [3.05, 3.63) is 0 Å². The number of aliphatic hydroxyl groups excluding tert-OH is 1. The molecule has 0 unspecified atom stereocenters. The maximum Gasteiger partial charge on any atom is 0.0634 e. The topological polar surface area (TPSA) is 20.2 Å². The fourth-order valence-electron chi connectivity index (χ4n) is 0.109. The van der Waals surface area contributed by atoms with Crippen LogP contribution in [0.5, 0.6) is 0 Å². The molecule has 0 radical (unpaired) electrons. The maximum absolute atomic E-state index is 8.62. The lowest BCUT2D eigenvalue weighted by Gasteiger charge is -1.96. The molecule has 0 fully saturated rings. The first-order valence-corrected chi connectivity index (χ1v) is 3.17. The highest BCUT2D eigenvalue weighted by atomic mass is 79.9. The van der Waals surface area contributed by atoms with E-state index in [-0.39, 0.29) is 6.10 Å². The smallest absolute Gasteiger partial charge is 0.0634 e. The van der Waals surface area contributed by atoms with Crippen LogP contribution >= 0.6 is 15.9 Å². The van der Waals surface area contributed by atoms with Crippen LogP contribution in [0, 0.1) is 0 Å². The molecule has 0 saturated carbocycles. The molecule has 0 spiro atoms. The zero-order chi connectivity index (χ0) is 4.99. The molecule has 0 bridgehead atoms. The molecule has 0 aliphatic heterocycles. The third-order valence-electron chi connectivity index (χ3n) is 0.649. The fourth-order valence-corrected chi connectivity index (χ4v) is 0.567. The highest BCUT2D eigenvalue weighted by molar-refractivity contribution is 9.09. The van der Waals surface area contributed by atoms with Gasteiger partial charge in [0.25, 0.3) is 0 Å². The van der Waals surface area contributed by atoms with E-state index in [1.54, 1.807) is 0 Å². The first kappa shape index (κ1) is 6.44. The Bertz CT molecular complexity index is 26.7. The predicted octanol–water partition coefficient (Wildman–Crippen LogP) is 1.15. The van der Waals surface area contributed by atoms with Gasteiger partial charge in [-0.15, -0.1) is 0 Å². The van der Waals surface area contributed by atoms with Gasteiger partial charge < -0.3 is 5.11 Å². The van der Waals surface area contributed by atoms with E-state index in [4.69, 9.17) is 5.11 Å². The van der Waals surface area contributed by atoms with Crippen molar-refractivity contribution in [2.75, 3.05) is 5.33 Å². The Labute approximate surface area is 46.5 Å². The molecule has 0 aliphatic carbocycles. The molecule has 0 saturated heterocycles. The Morgan fingerprint density at radius 1 is 1.83 bits per heavy atom. The van der Waals surface area contributed by atoms with E-state index in [9.17, 15) is 0 Å². The van der Waals surface area contributed by atoms with Crippen molar-refractivity contribution in [3.8, 4) is 0 Å². The second-order valence-corrected chi connectivity index (χ2v) is 1.86. The predicted molar refractivity (Wildman–Crippen MR) is 30.1 cm³/mol. The van der Waals surface area contributed by atoms with Crippen LogP contribution in [0.15, 0.2) is 0 Å². The minimum absolute atomic E-state index is 0.148. The molecule has 1 atom stereocenters. The molecule has 6 heavy (non-hydrogen) atoms. The summed E-state index contributed by atoms with van der Waals surface area (Å²) in [6, 6.07) is 0. The van der Waals surface area contributed by atoms with Gasteiger partial charge in [0, 0.05) is 5.33 Å². The van der Waals surface area contributed by atoms with Gasteiger partial charge in [0.05, 0.1) is 6.10 Å². The summed E-state index contributed by atoms with van der Waals surface area (Å²) >= 11 is 3.12. The summed E-state index contributed by atoms with van der Waals surface area (Å²) in [6.45, 7) is 1.95. The van der Waals surface area contributed by atoms with Gasteiger partial charge in [0.15, 0.2) is 0 Å². The third-order valence-corrected chi connectivity index (χ3v) is 1.40. The van der Waals surface area contributed by atoms with Crippen LogP contribution < -0.4 is 0 Å². The first-order valence-electron chi connectivity index (χ1n) is 2.05. The van der Waals surface area contributed by atoms with Crippen molar-refractivity contribution in [1.29, 1.82) is 0 Å². The zero-order valence-corrected chi connectivity index (χ0v) is 5.40. The minimum atomic E-state index is -0.148. The fraction of sp³-hybridized carbons (Fsp3) is 1.00. The van der Waals surface area contributed by atoms with Gasteiger partial charge in [0.2, 0.25) is 0 Å². The summed E-state index contributed by atoms with van der Waals surface area (Å²) in [6.07, 6.45) is 0.690. The van der Waals surface area contributed by atoms with Crippen molar-refractivity contribution >= 4 is 15.9 Å². The SMILES string of the molecule is CC[C@@H](O)CBr. The van der Waals surface area contributed by atoms with Crippen molar-refractivity contribution in [3.63, 3.8) is 0 Å². The first-order chi connectivity index (χ1) is 2.81. The van der Waals surface area contributed by atoms with Crippen LogP contribution in [-0.4, -0.2) is 16.5 Å². The second-order valence-electron chi connectivity index (χ2n) is 1.22. The lowest BCUT2D eigenvalue weighted by Crippen LogP contribution is -2.03. The number of halogens is 1. The van der Waals surface area contributed by atoms with E-state index in [1.807, 2.05) is 6.92 Å². The van der Waals surface area contributed by atoms with Gasteiger partial charge in [0.1, 0.15) is 0 Å². The Hall–Kier alpha value is 0.440. The van der Waals surface area contributed by atoms with E-state index < -0.39 is 0 Å². The number of hydrogen-bond donors (Lipinski definition) is 1. The highest BCUT2D eigenvalue weighted by Crippen LogP contribution is 1.92. The molecule has 0 aromatic rings. The van der Waals surface area contributed by atoms with Crippen molar-refractivity contribution in [2.24, 2.45) is 0 Å². The van der Waals surface area contributed by atoms with Crippen LogP contribution in [0.4, 0.5) is 0 Å². The molecule has 0 aromatic carbocycles. The summed E-state index contributed by atoms with van der Waals surface area (Å²) in [5.41, 5.74) is 0. The second kappa shape index (κ2) is 3.62. The Kier molecular flexibility index (Phi) is 3.89. The summed E-state index contributed by atoms with van der Waals surface area (Å²) in [5, 5.41) is 9.32. The quantitative estimate of drug-likeness (QED) is 0.590. The summed E-state index contributed by atoms with van der Waals surface area (Å²) in [5.74, 6) is 0. The normalized spacial score (nSPS) is 14.5. The summed E-state index contributed by atoms with van der Waals surface area (Å²) in [7, 11) is 0. The Morgan fingerprint density at radius 3 is 2.33 bits per heavy atom. The number of hydrogen-bond acceptors (Lipinski definition) is 1. The summed E-state index contributed by atoms with van der Waals surface area (Å²) in [4.78, 5) is 0. The average Bonchev–Trinajstić information content (AvgIpc) is 1.65. The molecule has 1 N–H and O–H groups in total. The molecule has 1 nitrogen and oxygen atoms in total. The van der Waals surface area contributed by atoms with Crippen LogP contribution in [0.3, 0.4) is 0 Å². The number of rotatable bonds is 2. The maximum atomic E-state index is 8.62. The van der Waals surface area contributed by atoms with E-state index in [0.717, 1.165) is 6.42 Å². The molecule has 2 heteroatoms. The Morgan fingerprint density at radius 2 is 2.33 bits per heavy atom. The largest absolute Gasteiger partial charge is 0.392 e. The van der Waals surface area contributed by atoms with E-state index in [2.05, 4.69) is 15.9 Å². The number of alkyl halides is 1. The van der Waals surface area contributed by atoms with E-state index >= 15 is 0 Å². The minimum Gasteiger partial charge on any atom is -0.392 e.